The molecule has 4 rings (SSSR count). The summed E-state index contributed by atoms with van der Waals surface area (Å²) in [6, 6.07) is 11.6. The maximum absolute atomic E-state index is 12.8. The molecule has 5 nitrogen and oxygen atoms in total. The van der Waals surface area contributed by atoms with Gasteiger partial charge in [-0.3, -0.25) is 9.59 Å². The van der Waals surface area contributed by atoms with Crippen molar-refractivity contribution >= 4 is 34.1 Å². The average Bonchev–Trinajstić information content (AvgIpc) is 3.40. The van der Waals surface area contributed by atoms with Crippen molar-refractivity contribution in [1.82, 2.24) is 15.1 Å². The minimum atomic E-state index is -0.173. The van der Waals surface area contributed by atoms with Crippen LogP contribution in [0.1, 0.15) is 42.3 Å². The molecule has 3 aromatic rings. The van der Waals surface area contributed by atoms with Crippen LogP contribution in [0.5, 0.6) is 0 Å². The minimum absolute atomic E-state index is 0.0369. The van der Waals surface area contributed by atoms with Gasteiger partial charge in [0.2, 0.25) is 5.91 Å². The summed E-state index contributed by atoms with van der Waals surface area (Å²) < 4.78 is 1.64. The molecule has 1 aliphatic carbocycles. The van der Waals surface area contributed by atoms with Gasteiger partial charge in [-0.2, -0.15) is 5.10 Å². The lowest BCUT2D eigenvalue weighted by Crippen LogP contribution is -2.30. The predicted molar refractivity (Wildman–Crippen MR) is 109 cm³/mol. The predicted octanol–water partition coefficient (Wildman–Crippen LogP) is 3.90. The van der Waals surface area contributed by atoms with Crippen molar-refractivity contribution < 1.29 is 4.79 Å². The molecule has 1 fully saturated rings. The number of carbonyl (C=O) groups excluding carboxylic acids is 1. The first-order valence-corrected chi connectivity index (χ1v) is 10.1. The molecular weight excluding hydrogens is 358 g/mol. The summed E-state index contributed by atoms with van der Waals surface area (Å²) in [4.78, 5) is 26.0. The third-order valence-corrected chi connectivity index (χ3v) is 5.79. The van der Waals surface area contributed by atoms with Gasteiger partial charge in [0.15, 0.2) is 0 Å². The lowest BCUT2D eigenvalue weighted by Gasteiger charge is -2.16. The molecule has 27 heavy (non-hydrogen) atoms. The standard InChI is InChI=1S/C21H21N3O2S/c25-20(12-11-16-8-5-13-27-16)22-14-19-17-9-3-4-10-18(17)21(26)24(23-19)15-6-1-2-7-15/h3-5,8-13,15H,1-2,6-7,14H2,(H,22,25)/b12-11+. The highest BCUT2D eigenvalue weighted by molar-refractivity contribution is 7.10. The normalized spacial score (nSPS) is 15.0. The van der Waals surface area contributed by atoms with Gasteiger partial charge >= 0.3 is 0 Å². The molecule has 0 spiro atoms. The van der Waals surface area contributed by atoms with Gasteiger partial charge in [0.1, 0.15) is 0 Å². The Bertz CT molecular complexity index is 1030. The van der Waals surface area contributed by atoms with E-state index in [1.54, 1.807) is 22.1 Å². The van der Waals surface area contributed by atoms with Crippen LogP contribution >= 0.6 is 11.3 Å². The molecule has 1 saturated carbocycles. The highest BCUT2D eigenvalue weighted by atomic mass is 32.1. The number of aromatic nitrogens is 2. The maximum Gasteiger partial charge on any atom is 0.274 e. The van der Waals surface area contributed by atoms with Crippen LogP contribution in [0.4, 0.5) is 0 Å². The van der Waals surface area contributed by atoms with Crippen LogP contribution in [0.25, 0.3) is 16.8 Å². The van der Waals surface area contributed by atoms with Gasteiger partial charge < -0.3 is 5.32 Å². The monoisotopic (exact) mass is 379 g/mol. The smallest absolute Gasteiger partial charge is 0.274 e. The van der Waals surface area contributed by atoms with E-state index in [1.807, 2.05) is 41.8 Å². The lowest BCUT2D eigenvalue weighted by molar-refractivity contribution is -0.116. The van der Waals surface area contributed by atoms with E-state index in [2.05, 4.69) is 10.4 Å². The van der Waals surface area contributed by atoms with Gasteiger partial charge in [-0.1, -0.05) is 37.1 Å². The first-order chi connectivity index (χ1) is 13.2. The Balaban J connectivity index is 1.59. The van der Waals surface area contributed by atoms with Crippen molar-refractivity contribution in [3.05, 3.63) is 68.8 Å². The fraction of sp³-hybridized carbons (Fsp3) is 0.286. The third kappa shape index (κ3) is 3.85. The summed E-state index contributed by atoms with van der Waals surface area (Å²) in [5.41, 5.74) is 0.695. The molecule has 2 aromatic heterocycles. The number of hydrogen-bond acceptors (Lipinski definition) is 4. The van der Waals surface area contributed by atoms with Gasteiger partial charge in [-0.25, -0.2) is 4.68 Å². The Morgan fingerprint density at radius 3 is 2.70 bits per heavy atom. The van der Waals surface area contributed by atoms with Gasteiger partial charge in [-0.15, -0.1) is 11.3 Å². The van der Waals surface area contributed by atoms with Crippen LogP contribution in [0.3, 0.4) is 0 Å². The van der Waals surface area contributed by atoms with Crippen molar-refractivity contribution in [3.63, 3.8) is 0 Å². The summed E-state index contributed by atoms with van der Waals surface area (Å²) in [7, 11) is 0. The number of fused-ring (bicyclic) bond motifs is 1. The zero-order valence-corrected chi connectivity index (χ0v) is 15.7. The van der Waals surface area contributed by atoms with Crippen molar-refractivity contribution in [2.75, 3.05) is 0 Å². The number of carbonyl (C=O) groups is 1. The van der Waals surface area contributed by atoms with Crippen LogP contribution in [0.2, 0.25) is 0 Å². The molecule has 0 radical (unpaired) electrons. The third-order valence-electron chi connectivity index (χ3n) is 4.95. The van der Waals surface area contributed by atoms with Crippen molar-refractivity contribution in [2.24, 2.45) is 0 Å². The largest absolute Gasteiger partial charge is 0.347 e. The van der Waals surface area contributed by atoms with Crippen LogP contribution in [-0.2, 0) is 11.3 Å². The molecule has 1 aliphatic rings. The fourth-order valence-corrected chi connectivity index (χ4v) is 4.19. The number of nitrogens with one attached hydrogen (secondary N) is 1. The Labute approximate surface area is 161 Å². The Hall–Kier alpha value is -2.73. The van der Waals surface area contributed by atoms with Gasteiger partial charge in [-0.05, 0) is 36.4 Å². The Morgan fingerprint density at radius 2 is 1.96 bits per heavy atom. The van der Waals surface area contributed by atoms with Crippen LogP contribution < -0.4 is 10.9 Å². The number of benzene rings is 1. The average molecular weight is 379 g/mol. The molecule has 0 saturated heterocycles. The summed E-state index contributed by atoms with van der Waals surface area (Å²) in [6.45, 7) is 0.293. The van der Waals surface area contributed by atoms with E-state index in [0.717, 1.165) is 41.6 Å². The number of rotatable bonds is 5. The van der Waals surface area contributed by atoms with Crippen molar-refractivity contribution in [2.45, 2.75) is 38.3 Å². The molecular formula is C21H21N3O2S. The SMILES string of the molecule is O=C(/C=C/c1cccs1)NCc1nn(C2CCCC2)c(=O)c2ccccc12. The second-order valence-corrected chi connectivity index (χ2v) is 7.73. The van der Waals surface area contributed by atoms with E-state index >= 15 is 0 Å². The fourth-order valence-electron chi connectivity index (χ4n) is 3.57. The minimum Gasteiger partial charge on any atom is -0.347 e. The second kappa shape index (κ2) is 7.88. The van der Waals surface area contributed by atoms with E-state index in [0.29, 0.717) is 11.9 Å². The number of amides is 1. The first kappa shape index (κ1) is 17.7. The zero-order chi connectivity index (χ0) is 18.6. The van der Waals surface area contributed by atoms with Crippen molar-refractivity contribution in [1.29, 1.82) is 0 Å². The second-order valence-electron chi connectivity index (χ2n) is 6.75. The number of nitrogens with zero attached hydrogens (tertiary/aromatic N) is 2. The Kier molecular flexibility index (Phi) is 5.16. The highest BCUT2D eigenvalue weighted by Gasteiger charge is 2.21. The molecule has 1 N–H and O–H groups in total. The van der Waals surface area contributed by atoms with E-state index in [4.69, 9.17) is 0 Å². The highest BCUT2D eigenvalue weighted by Crippen LogP contribution is 2.28. The molecule has 0 aliphatic heterocycles. The summed E-state index contributed by atoms with van der Waals surface area (Å²) in [5, 5.41) is 11.0. The quantitative estimate of drug-likeness (QED) is 0.684. The van der Waals surface area contributed by atoms with Crippen LogP contribution in [0.15, 0.2) is 52.6 Å². The molecule has 6 heteroatoms. The molecule has 138 valence electrons. The summed E-state index contributed by atoms with van der Waals surface area (Å²) in [5.74, 6) is -0.173. The molecule has 2 heterocycles. The van der Waals surface area contributed by atoms with Crippen LogP contribution in [0, 0.1) is 0 Å². The van der Waals surface area contributed by atoms with Gasteiger partial charge in [0, 0.05) is 16.3 Å². The van der Waals surface area contributed by atoms with E-state index in [-0.39, 0.29) is 17.5 Å². The molecule has 1 amide bonds. The first-order valence-electron chi connectivity index (χ1n) is 9.22. The topological polar surface area (TPSA) is 64.0 Å². The van der Waals surface area contributed by atoms with Crippen molar-refractivity contribution in [3.8, 4) is 0 Å². The molecule has 1 aromatic carbocycles. The van der Waals surface area contributed by atoms with E-state index in [9.17, 15) is 9.59 Å². The van der Waals surface area contributed by atoms with Gasteiger partial charge in [0.05, 0.1) is 23.7 Å². The zero-order valence-electron chi connectivity index (χ0n) is 14.9. The van der Waals surface area contributed by atoms with Crippen LogP contribution in [-0.4, -0.2) is 15.7 Å². The summed E-state index contributed by atoms with van der Waals surface area (Å²) in [6.07, 6.45) is 7.56. The molecule has 0 unspecified atom stereocenters. The molecule has 0 bridgehead atoms. The van der Waals surface area contributed by atoms with E-state index in [1.165, 1.54) is 6.08 Å². The number of hydrogen-bond donors (Lipinski definition) is 1. The van der Waals surface area contributed by atoms with E-state index < -0.39 is 0 Å². The van der Waals surface area contributed by atoms with Gasteiger partial charge in [0.25, 0.3) is 5.56 Å². The molecule has 0 atom stereocenters. The number of thiophene rings is 1. The maximum atomic E-state index is 12.8. The Morgan fingerprint density at radius 1 is 1.19 bits per heavy atom. The summed E-state index contributed by atoms with van der Waals surface area (Å²) >= 11 is 1.58. The lowest BCUT2D eigenvalue weighted by atomic mass is 10.1.